The largest absolute Gasteiger partial charge is 0.382 e. The fourth-order valence-corrected chi connectivity index (χ4v) is 4.19. The molecule has 0 atom stereocenters. The van der Waals surface area contributed by atoms with Gasteiger partial charge in [0.25, 0.3) is 0 Å². The van der Waals surface area contributed by atoms with E-state index in [0.29, 0.717) is 11.5 Å². The first-order valence-corrected chi connectivity index (χ1v) is 8.99. The van der Waals surface area contributed by atoms with Gasteiger partial charge in [0.15, 0.2) is 10.7 Å². The van der Waals surface area contributed by atoms with Gasteiger partial charge >= 0.3 is 0 Å². The van der Waals surface area contributed by atoms with E-state index in [0.717, 1.165) is 25.9 Å². The standard InChI is InChI=1S/C12H15BrN4O2S2/c1-17(2)21(18,19)10-11(14)16-20-12(10)15-7-8-4-3-5-9(13)6-8/h3-6,15H,7H2,1-2H3,(H2,14,16). The molecule has 1 heterocycles. The van der Waals surface area contributed by atoms with Crippen molar-refractivity contribution in [2.45, 2.75) is 11.4 Å². The predicted octanol–water partition coefficient (Wildman–Crippen LogP) is 2.35. The maximum absolute atomic E-state index is 12.3. The van der Waals surface area contributed by atoms with Crippen LogP contribution in [0.3, 0.4) is 0 Å². The Kier molecular flexibility index (Phi) is 4.87. The zero-order valence-electron chi connectivity index (χ0n) is 11.5. The molecule has 0 radical (unpaired) electrons. The number of benzene rings is 1. The topological polar surface area (TPSA) is 88.3 Å². The Hall–Kier alpha value is -1.16. The number of aromatic nitrogens is 1. The predicted molar refractivity (Wildman–Crippen MR) is 88.9 cm³/mol. The van der Waals surface area contributed by atoms with Gasteiger partial charge in [0.2, 0.25) is 10.0 Å². The lowest BCUT2D eigenvalue weighted by Gasteiger charge is -2.13. The Bertz CT molecular complexity index is 743. The van der Waals surface area contributed by atoms with Gasteiger partial charge in [-0.2, -0.15) is 4.37 Å². The van der Waals surface area contributed by atoms with E-state index in [4.69, 9.17) is 5.73 Å². The molecule has 0 unspecified atom stereocenters. The maximum atomic E-state index is 12.3. The van der Waals surface area contributed by atoms with Crippen LogP contribution in [0.5, 0.6) is 0 Å². The van der Waals surface area contributed by atoms with Crippen LogP contribution in [0.25, 0.3) is 0 Å². The Morgan fingerprint density at radius 3 is 2.76 bits per heavy atom. The highest BCUT2D eigenvalue weighted by Gasteiger charge is 2.27. The lowest BCUT2D eigenvalue weighted by molar-refractivity contribution is 0.521. The molecule has 2 rings (SSSR count). The van der Waals surface area contributed by atoms with Crippen LogP contribution in [-0.4, -0.2) is 31.2 Å². The van der Waals surface area contributed by atoms with Crippen LogP contribution in [0.1, 0.15) is 5.56 Å². The quantitative estimate of drug-likeness (QED) is 0.817. The average molecular weight is 391 g/mol. The number of rotatable bonds is 5. The number of anilines is 2. The Morgan fingerprint density at radius 1 is 1.43 bits per heavy atom. The van der Waals surface area contributed by atoms with Crippen LogP contribution in [-0.2, 0) is 16.6 Å². The monoisotopic (exact) mass is 390 g/mol. The molecule has 2 aromatic rings. The molecular formula is C12H15BrN4O2S2. The minimum atomic E-state index is -3.62. The molecule has 0 amide bonds. The zero-order valence-corrected chi connectivity index (χ0v) is 14.7. The third-order valence-electron chi connectivity index (χ3n) is 2.75. The highest BCUT2D eigenvalue weighted by atomic mass is 79.9. The van der Waals surface area contributed by atoms with Crippen molar-refractivity contribution in [1.29, 1.82) is 0 Å². The molecule has 1 aromatic heterocycles. The maximum Gasteiger partial charge on any atom is 0.249 e. The molecule has 6 nitrogen and oxygen atoms in total. The number of halogens is 1. The number of nitrogens with two attached hydrogens (primary N) is 1. The first kappa shape index (κ1) is 16.2. The second-order valence-electron chi connectivity index (χ2n) is 4.50. The number of nitrogens with one attached hydrogen (secondary N) is 1. The van der Waals surface area contributed by atoms with Crippen molar-refractivity contribution in [1.82, 2.24) is 8.68 Å². The Balaban J connectivity index is 2.27. The third kappa shape index (κ3) is 3.54. The normalized spacial score (nSPS) is 11.8. The summed E-state index contributed by atoms with van der Waals surface area (Å²) in [4.78, 5) is 0.0347. The first-order chi connectivity index (χ1) is 9.82. The molecule has 0 saturated heterocycles. The van der Waals surface area contributed by atoms with Gasteiger partial charge in [-0.3, -0.25) is 0 Å². The fourth-order valence-electron chi connectivity index (χ4n) is 1.67. The van der Waals surface area contributed by atoms with Gasteiger partial charge in [-0.05, 0) is 29.2 Å². The fraction of sp³-hybridized carbons (Fsp3) is 0.250. The van der Waals surface area contributed by atoms with Crippen LogP contribution in [0.4, 0.5) is 10.8 Å². The summed E-state index contributed by atoms with van der Waals surface area (Å²) in [6.07, 6.45) is 0. The summed E-state index contributed by atoms with van der Waals surface area (Å²) < 4.78 is 30.6. The molecule has 0 saturated carbocycles. The molecule has 0 spiro atoms. The number of sulfonamides is 1. The minimum absolute atomic E-state index is 0.0189. The first-order valence-electron chi connectivity index (χ1n) is 5.98. The molecule has 0 aliphatic heterocycles. The second-order valence-corrected chi connectivity index (χ2v) is 8.27. The van der Waals surface area contributed by atoms with Crippen LogP contribution in [0.2, 0.25) is 0 Å². The highest BCUT2D eigenvalue weighted by molar-refractivity contribution is 9.10. The number of hydrogen-bond acceptors (Lipinski definition) is 6. The Labute approximate surface area is 136 Å². The second kappa shape index (κ2) is 6.30. The Morgan fingerprint density at radius 2 is 2.14 bits per heavy atom. The van der Waals surface area contributed by atoms with E-state index in [1.165, 1.54) is 14.1 Å². The number of nitrogen functional groups attached to an aromatic ring is 1. The van der Waals surface area contributed by atoms with Crippen molar-refractivity contribution in [3.63, 3.8) is 0 Å². The van der Waals surface area contributed by atoms with E-state index < -0.39 is 10.0 Å². The smallest absolute Gasteiger partial charge is 0.249 e. The van der Waals surface area contributed by atoms with Gasteiger partial charge in [-0.15, -0.1) is 0 Å². The molecule has 0 bridgehead atoms. The van der Waals surface area contributed by atoms with Crippen molar-refractivity contribution >= 4 is 48.3 Å². The van der Waals surface area contributed by atoms with Gasteiger partial charge in [0, 0.05) is 25.1 Å². The molecule has 114 valence electrons. The van der Waals surface area contributed by atoms with Crippen molar-refractivity contribution in [2.24, 2.45) is 0 Å². The molecule has 21 heavy (non-hydrogen) atoms. The summed E-state index contributed by atoms with van der Waals surface area (Å²) in [6, 6.07) is 7.75. The molecule has 0 fully saturated rings. The van der Waals surface area contributed by atoms with Gasteiger partial charge < -0.3 is 11.1 Å². The van der Waals surface area contributed by atoms with Crippen molar-refractivity contribution in [3.05, 3.63) is 34.3 Å². The average Bonchev–Trinajstić information content (AvgIpc) is 2.78. The van der Waals surface area contributed by atoms with E-state index in [2.05, 4.69) is 25.6 Å². The SMILES string of the molecule is CN(C)S(=O)(=O)c1c(N)nsc1NCc1cccc(Br)c1. The minimum Gasteiger partial charge on any atom is -0.382 e. The van der Waals surface area contributed by atoms with E-state index in [1.54, 1.807) is 0 Å². The molecule has 1 aromatic carbocycles. The molecule has 0 aliphatic carbocycles. The van der Waals surface area contributed by atoms with Crippen LogP contribution in [0.15, 0.2) is 33.6 Å². The van der Waals surface area contributed by atoms with Crippen LogP contribution >= 0.6 is 27.5 Å². The molecule has 0 aliphatic rings. The summed E-state index contributed by atoms with van der Waals surface area (Å²) in [7, 11) is -0.697. The summed E-state index contributed by atoms with van der Waals surface area (Å²) in [5.41, 5.74) is 6.72. The van der Waals surface area contributed by atoms with Crippen LogP contribution in [0, 0.1) is 0 Å². The molecular weight excluding hydrogens is 376 g/mol. The highest BCUT2D eigenvalue weighted by Crippen LogP contribution is 2.33. The van der Waals surface area contributed by atoms with E-state index in [1.807, 2.05) is 24.3 Å². The molecule has 9 heteroatoms. The summed E-state index contributed by atoms with van der Waals surface area (Å²) >= 11 is 4.44. The summed E-state index contributed by atoms with van der Waals surface area (Å²) in [5, 5.41) is 3.53. The van der Waals surface area contributed by atoms with Crippen LogP contribution < -0.4 is 11.1 Å². The van der Waals surface area contributed by atoms with Gasteiger partial charge in [0.1, 0.15) is 5.00 Å². The van der Waals surface area contributed by atoms with E-state index >= 15 is 0 Å². The summed E-state index contributed by atoms with van der Waals surface area (Å²) in [5.74, 6) is 0.0189. The lowest BCUT2D eigenvalue weighted by Crippen LogP contribution is -2.23. The van der Waals surface area contributed by atoms with Gasteiger partial charge in [-0.25, -0.2) is 12.7 Å². The van der Waals surface area contributed by atoms with Gasteiger partial charge in [0.05, 0.1) is 0 Å². The van der Waals surface area contributed by atoms with Crippen molar-refractivity contribution in [2.75, 3.05) is 25.1 Å². The lowest BCUT2D eigenvalue weighted by atomic mass is 10.2. The van der Waals surface area contributed by atoms with Crippen molar-refractivity contribution < 1.29 is 8.42 Å². The third-order valence-corrected chi connectivity index (χ3v) is 6.09. The number of hydrogen-bond donors (Lipinski definition) is 2. The summed E-state index contributed by atoms with van der Waals surface area (Å²) in [6.45, 7) is 0.483. The van der Waals surface area contributed by atoms with Gasteiger partial charge in [-0.1, -0.05) is 28.1 Å². The zero-order chi connectivity index (χ0) is 15.6. The van der Waals surface area contributed by atoms with E-state index in [-0.39, 0.29) is 10.7 Å². The van der Waals surface area contributed by atoms with Crippen molar-refractivity contribution in [3.8, 4) is 0 Å². The number of nitrogens with zero attached hydrogens (tertiary/aromatic N) is 2. The van der Waals surface area contributed by atoms with E-state index in [9.17, 15) is 8.42 Å². The molecule has 3 N–H and O–H groups in total.